The molecule has 1 rings (SSSR count). The van der Waals surface area contributed by atoms with Gasteiger partial charge in [0.15, 0.2) is 5.13 Å². The second-order valence-corrected chi connectivity index (χ2v) is 2.57. The predicted octanol–water partition coefficient (Wildman–Crippen LogP) is -0.134. The summed E-state index contributed by atoms with van der Waals surface area (Å²) in [7, 11) is 0. The van der Waals surface area contributed by atoms with Crippen molar-refractivity contribution in [3.05, 3.63) is 11.6 Å². The molecule has 10 heavy (non-hydrogen) atoms. The third-order valence-corrected chi connectivity index (χ3v) is 1.60. The fourth-order valence-electron chi connectivity index (χ4n) is 0.483. The van der Waals surface area contributed by atoms with Crippen LogP contribution in [0.5, 0.6) is 0 Å². The highest BCUT2D eigenvalue weighted by Gasteiger charge is 2.01. The first-order chi connectivity index (χ1) is 4.83. The van der Waals surface area contributed by atoms with E-state index in [0.717, 1.165) is 0 Å². The highest BCUT2D eigenvalue weighted by Crippen LogP contribution is 2.10. The quantitative estimate of drug-likeness (QED) is 0.539. The fourth-order valence-corrected chi connectivity index (χ4v) is 1.06. The third kappa shape index (κ3) is 1.94. The van der Waals surface area contributed by atoms with Crippen LogP contribution in [0.4, 0.5) is 5.13 Å². The summed E-state index contributed by atoms with van der Waals surface area (Å²) in [4.78, 5) is 3.84. The minimum atomic E-state index is -0.911. The number of hydrogen-bond acceptors (Lipinski definition) is 5. The Morgan fingerprint density at radius 1 is 1.80 bits per heavy atom. The summed E-state index contributed by atoms with van der Waals surface area (Å²) in [6.07, 6.45) is 0.711. The average Bonchev–Trinajstić information content (AvgIpc) is 2.40. The molecule has 0 aliphatic heterocycles. The molecule has 1 aromatic heterocycles. The zero-order valence-electron chi connectivity index (χ0n) is 5.19. The van der Waals surface area contributed by atoms with E-state index in [0.29, 0.717) is 5.13 Å². The van der Waals surface area contributed by atoms with E-state index in [2.05, 4.69) is 10.3 Å². The lowest BCUT2D eigenvalue weighted by atomic mass is 10.6. The van der Waals surface area contributed by atoms with Crippen LogP contribution in [-0.2, 0) is 0 Å². The molecule has 0 saturated carbocycles. The summed E-state index contributed by atoms with van der Waals surface area (Å²) in [6.45, 7) is -0.306. The second-order valence-electron chi connectivity index (χ2n) is 1.68. The van der Waals surface area contributed by atoms with E-state index in [-0.39, 0.29) is 6.61 Å². The topological polar surface area (TPSA) is 65.4 Å². The fraction of sp³-hybridized carbons (Fsp3) is 0.400. The van der Waals surface area contributed by atoms with Gasteiger partial charge in [-0.2, -0.15) is 0 Å². The van der Waals surface area contributed by atoms with Gasteiger partial charge in [0.2, 0.25) is 0 Å². The van der Waals surface area contributed by atoms with Gasteiger partial charge in [-0.15, -0.1) is 11.3 Å². The molecule has 0 saturated heterocycles. The van der Waals surface area contributed by atoms with Crippen molar-refractivity contribution in [1.82, 2.24) is 4.98 Å². The normalized spacial score (nSPS) is 13.0. The van der Waals surface area contributed by atoms with Crippen LogP contribution in [0.2, 0.25) is 0 Å². The number of nitrogens with one attached hydrogen (secondary N) is 1. The Balaban J connectivity index is 2.40. The first-order valence-corrected chi connectivity index (χ1v) is 3.66. The molecule has 0 spiro atoms. The van der Waals surface area contributed by atoms with Gasteiger partial charge < -0.3 is 15.5 Å². The van der Waals surface area contributed by atoms with E-state index < -0.39 is 6.23 Å². The maximum Gasteiger partial charge on any atom is 0.184 e. The van der Waals surface area contributed by atoms with Gasteiger partial charge in [0.05, 0.1) is 6.61 Å². The monoisotopic (exact) mass is 160 g/mol. The lowest BCUT2D eigenvalue weighted by Crippen LogP contribution is -2.22. The van der Waals surface area contributed by atoms with Gasteiger partial charge in [0.1, 0.15) is 6.23 Å². The molecule has 1 heterocycles. The van der Waals surface area contributed by atoms with Crippen molar-refractivity contribution in [2.45, 2.75) is 6.23 Å². The number of anilines is 1. The number of hydrogen-bond donors (Lipinski definition) is 3. The highest BCUT2D eigenvalue weighted by molar-refractivity contribution is 7.13. The standard InChI is InChI=1S/C5H8N2O2S/c8-3-4(9)7-5-6-1-2-10-5/h1-2,4,8-9H,3H2,(H,6,7). The Hall–Kier alpha value is -0.650. The van der Waals surface area contributed by atoms with Crippen LogP contribution in [0.25, 0.3) is 0 Å². The van der Waals surface area contributed by atoms with Gasteiger partial charge in [0.25, 0.3) is 0 Å². The summed E-state index contributed by atoms with van der Waals surface area (Å²) in [5, 5.41) is 22.2. The van der Waals surface area contributed by atoms with Crippen molar-refractivity contribution < 1.29 is 10.2 Å². The smallest absolute Gasteiger partial charge is 0.184 e. The van der Waals surface area contributed by atoms with E-state index in [9.17, 15) is 0 Å². The molecule has 1 aromatic rings. The Morgan fingerprint density at radius 3 is 3.10 bits per heavy atom. The molecule has 5 heteroatoms. The molecule has 3 N–H and O–H groups in total. The van der Waals surface area contributed by atoms with Crippen molar-refractivity contribution in [1.29, 1.82) is 0 Å². The molecule has 0 bridgehead atoms. The first-order valence-electron chi connectivity index (χ1n) is 2.78. The van der Waals surface area contributed by atoms with E-state index in [4.69, 9.17) is 10.2 Å². The summed E-state index contributed by atoms with van der Waals surface area (Å²) in [5.41, 5.74) is 0. The zero-order valence-corrected chi connectivity index (χ0v) is 6.01. The van der Waals surface area contributed by atoms with Crippen LogP contribution in [0.15, 0.2) is 11.6 Å². The van der Waals surface area contributed by atoms with Gasteiger partial charge in [-0.1, -0.05) is 0 Å². The van der Waals surface area contributed by atoms with Crippen LogP contribution in [0.1, 0.15) is 0 Å². The van der Waals surface area contributed by atoms with Gasteiger partial charge in [-0.25, -0.2) is 4.98 Å². The number of aliphatic hydroxyl groups is 2. The maximum absolute atomic E-state index is 8.84. The SMILES string of the molecule is OCC(O)Nc1nccs1. The molecule has 0 fully saturated rings. The van der Waals surface area contributed by atoms with E-state index >= 15 is 0 Å². The van der Waals surface area contributed by atoms with E-state index in [1.54, 1.807) is 11.6 Å². The third-order valence-electron chi connectivity index (χ3n) is 0.895. The summed E-state index contributed by atoms with van der Waals surface area (Å²) in [5.74, 6) is 0. The molecule has 1 unspecified atom stereocenters. The van der Waals surface area contributed by atoms with Gasteiger partial charge in [-0.05, 0) is 0 Å². The Kier molecular flexibility index (Phi) is 2.61. The molecule has 0 radical (unpaired) electrons. The predicted molar refractivity (Wildman–Crippen MR) is 38.8 cm³/mol. The summed E-state index contributed by atoms with van der Waals surface area (Å²) >= 11 is 1.37. The Bertz CT molecular complexity index is 178. The summed E-state index contributed by atoms with van der Waals surface area (Å²) < 4.78 is 0. The molecule has 0 aliphatic carbocycles. The molecule has 1 atom stereocenters. The molecular formula is C5H8N2O2S. The van der Waals surface area contributed by atoms with Crippen molar-refractivity contribution in [3.63, 3.8) is 0 Å². The number of thiazole rings is 1. The first kappa shape index (κ1) is 7.46. The van der Waals surface area contributed by atoms with Crippen LogP contribution in [0.3, 0.4) is 0 Å². The Labute approximate surface area is 62.2 Å². The van der Waals surface area contributed by atoms with Crippen molar-refractivity contribution in [3.8, 4) is 0 Å². The number of rotatable bonds is 3. The second kappa shape index (κ2) is 3.50. The number of aromatic nitrogens is 1. The molecular weight excluding hydrogens is 152 g/mol. The van der Waals surface area contributed by atoms with Crippen molar-refractivity contribution >= 4 is 16.5 Å². The maximum atomic E-state index is 8.84. The van der Waals surface area contributed by atoms with Gasteiger partial charge in [-0.3, -0.25) is 0 Å². The average molecular weight is 160 g/mol. The van der Waals surface area contributed by atoms with Crippen molar-refractivity contribution in [2.24, 2.45) is 0 Å². The summed E-state index contributed by atoms with van der Waals surface area (Å²) in [6, 6.07) is 0. The van der Waals surface area contributed by atoms with Gasteiger partial charge in [0, 0.05) is 11.6 Å². The van der Waals surface area contributed by atoms with E-state index in [1.807, 2.05) is 0 Å². The van der Waals surface area contributed by atoms with Crippen LogP contribution < -0.4 is 5.32 Å². The molecule has 4 nitrogen and oxygen atoms in total. The molecule has 0 amide bonds. The van der Waals surface area contributed by atoms with Gasteiger partial charge >= 0.3 is 0 Å². The molecule has 56 valence electrons. The van der Waals surface area contributed by atoms with Crippen LogP contribution in [-0.4, -0.2) is 28.0 Å². The largest absolute Gasteiger partial charge is 0.392 e. The van der Waals surface area contributed by atoms with E-state index in [1.165, 1.54) is 11.3 Å². The minimum absolute atomic E-state index is 0.306. The zero-order chi connectivity index (χ0) is 7.40. The lowest BCUT2D eigenvalue weighted by Gasteiger charge is -2.06. The lowest BCUT2D eigenvalue weighted by molar-refractivity contribution is 0.116. The highest BCUT2D eigenvalue weighted by atomic mass is 32.1. The molecule has 0 aromatic carbocycles. The minimum Gasteiger partial charge on any atom is -0.392 e. The van der Waals surface area contributed by atoms with Crippen LogP contribution >= 0.6 is 11.3 Å². The number of aliphatic hydroxyl groups excluding tert-OH is 2. The Morgan fingerprint density at radius 2 is 2.60 bits per heavy atom. The number of nitrogens with zero attached hydrogens (tertiary/aromatic N) is 1. The molecule has 0 aliphatic rings. The van der Waals surface area contributed by atoms with Crippen molar-refractivity contribution in [2.75, 3.05) is 11.9 Å². The van der Waals surface area contributed by atoms with Crippen LogP contribution in [0, 0.1) is 0 Å².